The number of nitrogens with two attached hydrogens (primary N) is 1. The first-order valence-corrected chi connectivity index (χ1v) is 6.29. The second kappa shape index (κ2) is 3.58. The lowest BCUT2D eigenvalue weighted by Gasteiger charge is -2.19. The van der Waals surface area contributed by atoms with E-state index in [-0.39, 0.29) is 4.21 Å². The number of thiazole rings is 1. The van der Waals surface area contributed by atoms with Crippen LogP contribution in [0.3, 0.4) is 0 Å². The van der Waals surface area contributed by atoms with Crippen molar-refractivity contribution in [3.63, 3.8) is 0 Å². The van der Waals surface area contributed by atoms with Crippen LogP contribution in [0.15, 0.2) is 10.4 Å². The zero-order chi connectivity index (χ0) is 11.0. The van der Waals surface area contributed by atoms with Crippen molar-refractivity contribution in [2.75, 3.05) is 7.11 Å². The Balaban J connectivity index is 3.13. The molecule has 14 heavy (non-hydrogen) atoms. The lowest BCUT2D eigenvalue weighted by molar-refractivity contribution is 0.0190. The Hall–Kier alpha value is -0.500. The Morgan fingerprint density at radius 3 is 2.64 bits per heavy atom. The van der Waals surface area contributed by atoms with Gasteiger partial charge < -0.3 is 4.74 Å². The molecule has 7 heteroatoms. The molecule has 3 N–H and O–H groups in total. The van der Waals surface area contributed by atoms with Gasteiger partial charge in [0.2, 0.25) is 0 Å². The minimum atomic E-state index is -3.15. The van der Waals surface area contributed by atoms with E-state index < -0.39 is 15.5 Å². The number of rotatable bonds is 3. The Bertz CT molecular complexity index is 422. The van der Waals surface area contributed by atoms with Crippen molar-refractivity contribution in [1.29, 1.82) is 4.78 Å². The maximum absolute atomic E-state index is 11.2. The second-order valence-electron chi connectivity index (χ2n) is 3.30. The van der Waals surface area contributed by atoms with Gasteiger partial charge >= 0.3 is 0 Å². The van der Waals surface area contributed by atoms with Gasteiger partial charge in [0.15, 0.2) is 0 Å². The van der Waals surface area contributed by atoms with E-state index in [4.69, 9.17) is 14.7 Å². The largest absolute Gasteiger partial charge is 0.372 e. The Morgan fingerprint density at radius 2 is 2.29 bits per heavy atom. The van der Waals surface area contributed by atoms with Gasteiger partial charge in [-0.1, -0.05) is 0 Å². The molecule has 0 radical (unpaired) electrons. The van der Waals surface area contributed by atoms with Crippen molar-refractivity contribution in [2.45, 2.75) is 23.7 Å². The van der Waals surface area contributed by atoms with Crippen LogP contribution >= 0.6 is 11.3 Å². The standard InChI is InChI=1S/C7H13N3O2S2/c1-7(2,12-3)6-10-4-5(13-6)14(8,9)11/h4H,1-3H3,(H3,8,9,11). The topological polar surface area (TPSA) is 89.1 Å². The van der Waals surface area contributed by atoms with Crippen LogP contribution < -0.4 is 5.14 Å². The quantitative estimate of drug-likeness (QED) is 0.827. The maximum Gasteiger partial charge on any atom is 0.143 e. The Morgan fingerprint density at radius 1 is 1.71 bits per heavy atom. The normalized spacial score (nSPS) is 16.6. The molecule has 0 aliphatic carbocycles. The summed E-state index contributed by atoms with van der Waals surface area (Å²) in [5, 5.41) is 5.85. The molecule has 1 unspecified atom stereocenters. The second-order valence-corrected chi connectivity index (χ2v) is 6.23. The fourth-order valence-corrected chi connectivity index (χ4v) is 2.44. The molecular weight excluding hydrogens is 222 g/mol. The van der Waals surface area contributed by atoms with Crippen LogP contribution in [0, 0.1) is 4.78 Å². The van der Waals surface area contributed by atoms with Gasteiger partial charge in [0.25, 0.3) is 0 Å². The van der Waals surface area contributed by atoms with Gasteiger partial charge in [-0.15, -0.1) is 11.3 Å². The number of ether oxygens (including phenoxy) is 1. The SMILES string of the molecule is COC(C)(C)c1ncc(S(=N)(N)=O)s1. The van der Waals surface area contributed by atoms with Crippen molar-refractivity contribution in [3.8, 4) is 0 Å². The van der Waals surface area contributed by atoms with Crippen LogP contribution in [0.25, 0.3) is 0 Å². The number of nitrogens with zero attached hydrogens (tertiary/aromatic N) is 1. The molecular formula is C7H13N3O2S2. The molecule has 0 aliphatic heterocycles. The average molecular weight is 235 g/mol. The molecule has 80 valence electrons. The lowest BCUT2D eigenvalue weighted by Crippen LogP contribution is -2.18. The molecule has 0 spiro atoms. The van der Waals surface area contributed by atoms with E-state index in [0.717, 1.165) is 11.3 Å². The lowest BCUT2D eigenvalue weighted by atomic mass is 10.1. The minimum absolute atomic E-state index is 0.276. The van der Waals surface area contributed by atoms with Gasteiger partial charge in [0.05, 0.1) is 6.20 Å². The molecule has 0 saturated carbocycles. The van der Waals surface area contributed by atoms with E-state index in [1.807, 2.05) is 13.8 Å². The van der Waals surface area contributed by atoms with Crippen LogP contribution in [0.2, 0.25) is 0 Å². The summed E-state index contributed by atoms with van der Waals surface area (Å²) in [6.07, 6.45) is 1.37. The molecule has 1 rings (SSSR count). The number of hydrogen-bond acceptors (Lipinski definition) is 5. The number of nitrogens with one attached hydrogen (secondary N) is 1. The van der Waals surface area contributed by atoms with E-state index in [1.54, 1.807) is 7.11 Å². The van der Waals surface area contributed by atoms with Crippen molar-refractivity contribution in [3.05, 3.63) is 11.2 Å². The van der Waals surface area contributed by atoms with Gasteiger partial charge in [0.1, 0.15) is 24.7 Å². The smallest absolute Gasteiger partial charge is 0.143 e. The Kier molecular flexibility index (Phi) is 2.96. The highest BCUT2D eigenvalue weighted by molar-refractivity contribution is 7.92. The zero-order valence-corrected chi connectivity index (χ0v) is 9.87. The van der Waals surface area contributed by atoms with E-state index in [1.165, 1.54) is 6.20 Å². The van der Waals surface area contributed by atoms with Crippen molar-refractivity contribution in [1.82, 2.24) is 4.98 Å². The van der Waals surface area contributed by atoms with Gasteiger partial charge in [-0.3, -0.25) is 0 Å². The van der Waals surface area contributed by atoms with Gasteiger partial charge in [-0.2, -0.15) is 0 Å². The van der Waals surface area contributed by atoms with Crippen molar-refractivity contribution in [2.24, 2.45) is 5.14 Å². The molecule has 1 heterocycles. The van der Waals surface area contributed by atoms with E-state index >= 15 is 0 Å². The minimum Gasteiger partial charge on any atom is -0.372 e. The molecule has 0 amide bonds. The molecule has 1 atom stereocenters. The van der Waals surface area contributed by atoms with E-state index in [9.17, 15) is 4.21 Å². The van der Waals surface area contributed by atoms with Crippen LogP contribution in [0.5, 0.6) is 0 Å². The molecule has 0 fully saturated rings. The molecule has 0 bridgehead atoms. The predicted octanol–water partition coefficient (Wildman–Crippen LogP) is 1.30. The van der Waals surface area contributed by atoms with Crippen LogP contribution in [-0.2, 0) is 20.3 Å². The van der Waals surface area contributed by atoms with Gasteiger partial charge in [0, 0.05) is 7.11 Å². The summed E-state index contributed by atoms with van der Waals surface area (Å²) in [5.74, 6) is 0. The summed E-state index contributed by atoms with van der Waals surface area (Å²) < 4.78 is 23.9. The highest BCUT2D eigenvalue weighted by atomic mass is 32.2. The van der Waals surface area contributed by atoms with Crippen LogP contribution in [-0.4, -0.2) is 16.3 Å². The predicted molar refractivity (Wildman–Crippen MR) is 55.5 cm³/mol. The molecule has 0 aromatic carbocycles. The average Bonchev–Trinajstić information content (AvgIpc) is 2.51. The third-order valence-electron chi connectivity index (χ3n) is 1.81. The summed E-state index contributed by atoms with van der Waals surface area (Å²) in [5.41, 5.74) is -0.534. The van der Waals surface area contributed by atoms with Gasteiger partial charge in [-0.05, 0) is 13.8 Å². The van der Waals surface area contributed by atoms with Gasteiger partial charge in [-0.25, -0.2) is 19.1 Å². The fourth-order valence-electron chi connectivity index (χ4n) is 0.765. The number of methoxy groups -OCH3 is 1. The first kappa shape index (κ1) is 11.6. The highest BCUT2D eigenvalue weighted by Crippen LogP contribution is 2.29. The van der Waals surface area contributed by atoms with Crippen LogP contribution in [0.1, 0.15) is 18.9 Å². The number of hydrogen-bond donors (Lipinski definition) is 2. The molecule has 0 saturated heterocycles. The fraction of sp³-hybridized carbons (Fsp3) is 0.571. The highest BCUT2D eigenvalue weighted by Gasteiger charge is 2.24. The van der Waals surface area contributed by atoms with Crippen molar-refractivity contribution < 1.29 is 8.95 Å². The molecule has 5 nitrogen and oxygen atoms in total. The molecule has 0 aliphatic rings. The molecule has 1 aromatic rings. The molecule has 1 aromatic heterocycles. The van der Waals surface area contributed by atoms with Crippen molar-refractivity contribution >= 4 is 21.3 Å². The summed E-state index contributed by atoms with van der Waals surface area (Å²) >= 11 is 1.15. The summed E-state index contributed by atoms with van der Waals surface area (Å²) in [4.78, 5) is 4.04. The Labute approximate surface area is 87.4 Å². The summed E-state index contributed by atoms with van der Waals surface area (Å²) in [6, 6.07) is 0. The van der Waals surface area contributed by atoms with E-state index in [2.05, 4.69) is 4.98 Å². The first-order chi connectivity index (χ1) is 6.27. The monoisotopic (exact) mass is 235 g/mol. The first-order valence-electron chi connectivity index (χ1n) is 3.85. The zero-order valence-electron chi connectivity index (χ0n) is 8.23. The van der Waals surface area contributed by atoms with Crippen LogP contribution in [0.4, 0.5) is 0 Å². The summed E-state index contributed by atoms with van der Waals surface area (Å²) in [7, 11) is -1.58. The van der Waals surface area contributed by atoms with E-state index in [0.29, 0.717) is 5.01 Å². The number of aromatic nitrogens is 1. The maximum atomic E-state index is 11.2. The third-order valence-corrected chi connectivity index (χ3v) is 4.60. The third kappa shape index (κ3) is 2.30. The summed E-state index contributed by atoms with van der Waals surface area (Å²) in [6.45, 7) is 3.69.